The molecule has 0 aromatic heterocycles. The zero-order chi connectivity index (χ0) is 11.7. The van der Waals surface area contributed by atoms with Crippen molar-refractivity contribution in [1.29, 1.82) is 0 Å². The molecule has 0 saturated carbocycles. The van der Waals surface area contributed by atoms with Gasteiger partial charge in [0.2, 0.25) is 0 Å². The fourth-order valence-electron chi connectivity index (χ4n) is 2.60. The average molecular weight is 226 g/mol. The molecule has 0 amide bonds. The summed E-state index contributed by atoms with van der Waals surface area (Å²) in [4.78, 5) is 2.47. The summed E-state index contributed by atoms with van der Waals surface area (Å²) in [5.74, 6) is 0. The predicted molar refractivity (Wildman–Crippen MR) is 73.6 cm³/mol. The van der Waals surface area contributed by atoms with Gasteiger partial charge in [-0.15, -0.1) is 0 Å². The first-order valence-electron chi connectivity index (χ1n) is 6.28. The van der Waals surface area contributed by atoms with Crippen molar-refractivity contribution >= 4 is 16.5 Å². The molecule has 0 spiro atoms. The Morgan fingerprint density at radius 1 is 1.12 bits per heavy atom. The summed E-state index contributed by atoms with van der Waals surface area (Å²) in [6, 6.07) is 15.9. The lowest BCUT2D eigenvalue weighted by Gasteiger charge is -2.19. The van der Waals surface area contributed by atoms with Crippen LogP contribution in [0.3, 0.4) is 0 Å². The van der Waals surface area contributed by atoms with Gasteiger partial charge in [-0.25, -0.2) is 0 Å². The second-order valence-electron chi connectivity index (χ2n) is 4.75. The average Bonchev–Trinajstić information content (AvgIpc) is 2.87. The Hall–Kier alpha value is -1.54. The molecule has 1 atom stereocenters. The fraction of sp³-hybridized carbons (Fsp3) is 0.333. The van der Waals surface area contributed by atoms with Crippen molar-refractivity contribution in [2.24, 2.45) is 0 Å². The van der Waals surface area contributed by atoms with Gasteiger partial charge in [0.25, 0.3) is 0 Å². The lowest BCUT2D eigenvalue weighted by Crippen LogP contribution is -2.29. The van der Waals surface area contributed by atoms with Gasteiger partial charge in [-0.3, -0.25) is 0 Å². The van der Waals surface area contributed by atoms with Crippen LogP contribution in [0.2, 0.25) is 0 Å². The fourth-order valence-corrected chi connectivity index (χ4v) is 2.60. The van der Waals surface area contributed by atoms with Crippen LogP contribution < -0.4 is 10.2 Å². The largest absolute Gasteiger partial charge is 0.370 e. The number of benzene rings is 2. The van der Waals surface area contributed by atoms with Crippen LogP contribution in [-0.4, -0.2) is 26.2 Å². The maximum Gasteiger partial charge on any atom is 0.0373 e. The first-order valence-corrected chi connectivity index (χ1v) is 6.28. The summed E-state index contributed by atoms with van der Waals surface area (Å²) < 4.78 is 0. The van der Waals surface area contributed by atoms with E-state index in [4.69, 9.17) is 0 Å². The number of hydrogen-bond acceptors (Lipinski definition) is 2. The molecule has 1 N–H and O–H groups in total. The molecule has 1 heterocycles. The van der Waals surface area contributed by atoms with Gasteiger partial charge in [0.1, 0.15) is 0 Å². The molecule has 1 fully saturated rings. The van der Waals surface area contributed by atoms with E-state index in [2.05, 4.69) is 59.7 Å². The van der Waals surface area contributed by atoms with Crippen LogP contribution in [0.15, 0.2) is 42.5 Å². The lowest BCUT2D eigenvalue weighted by atomic mass is 10.1. The maximum atomic E-state index is 3.36. The molecule has 2 nitrogen and oxygen atoms in total. The summed E-state index contributed by atoms with van der Waals surface area (Å²) >= 11 is 0. The van der Waals surface area contributed by atoms with Crippen molar-refractivity contribution in [1.82, 2.24) is 5.32 Å². The second-order valence-corrected chi connectivity index (χ2v) is 4.75. The zero-order valence-electron chi connectivity index (χ0n) is 10.2. The summed E-state index contributed by atoms with van der Waals surface area (Å²) in [6.07, 6.45) is 1.24. The Morgan fingerprint density at radius 3 is 2.71 bits per heavy atom. The van der Waals surface area contributed by atoms with Gasteiger partial charge in [0.05, 0.1) is 0 Å². The van der Waals surface area contributed by atoms with E-state index in [1.54, 1.807) is 0 Å². The third-order valence-electron chi connectivity index (χ3n) is 3.69. The Bertz CT molecular complexity index is 521. The molecule has 0 bridgehead atoms. The molecule has 2 aromatic carbocycles. The van der Waals surface area contributed by atoms with Crippen molar-refractivity contribution in [3.8, 4) is 0 Å². The van der Waals surface area contributed by atoms with Crippen LogP contribution in [0.25, 0.3) is 10.8 Å². The molecule has 1 saturated heterocycles. The van der Waals surface area contributed by atoms with Crippen molar-refractivity contribution in [2.75, 3.05) is 25.0 Å². The highest BCUT2D eigenvalue weighted by Gasteiger charge is 2.20. The molecule has 0 radical (unpaired) electrons. The van der Waals surface area contributed by atoms with Crippen molar-refractivity contribution in [3.63, 3.8) is 0 Å². The van der Waals surface area contributed by atoms with Crippen LogP contribution in [-0.2, 0) is 0 Å². The number of hydrogen-bond donors (Lipinski definition) is 1. The molecule has 1 unspecified atom stereocenters. The van der Waals surface area contributed by atoms with Crippen molar-refractivity contribution in [2.45, 2.75) is 12.5 Å². The van der Waals surface area contributed by atoms with E-state index in [0.29, 0.717) is 6.04 Å². The van der Waals surface area contributed by atoms with Crippen molar-refractivity contribution in [3.05, 3.63) is 42.5 Å². The number of anilines is 1. The van der Waals surface area contributed by atoms with E-state index < -0.39 is 0 Å². The first kappa shape index (κ1) is 10.6. The Kier molecular flexibility index (Phi) is 2.73. The van der Waals surface area contributed by atoms with E-state index >= 15 is 0 Å². The molecular weight excluding hydrogens is 208 g/mol. The van der Waals surface area contributed by atoms with E-state index in [-0.39, 0.29) is 0 Å². The Labute approximate surface area is 102 Å². The molecule has 17 heavy (non-hydrogen) atoms. The van der Waals surface area contributed by atoms with Crippen LogP contribution in [0.1, 0.15) is 6.42 Å². The van der Waals surface area contributed by atoms with Crippen LogP contribution >= 0.6 is 0 Å². The quantitative estimate of drug-likeness (QED) is 0.847. The van der Waals surface area contributed by atoms with E-state index in [1.165, 1.54) is 22.9 Å². The van der Waals surface area contributed by atoms with Gasteiger partial charge >= 0.3 is 0 Å². The molecule has 88 valence electrons. The molecule has 2 aromatic rings. The highest BCUT2D eigenvalue weighted by atomic mass is 15.2. The third-order valence-corrected chi connectivity index (χ3v) is 3.69. The first-order chi connectivity index (χ1) is 8.36. The smallest absolute Gasteiger partial charge is 0.0373 e. The molecule has 2 heteroatoms. The van der Waals surface area contributed by atoms with Gasteiger partial charge in [-0.1, -0.05) is 30.3 Å². The topological polar surface area (TPSA) is 15.3 Å². The van der Waals surface area contributed by atoms with E-state index in [0.717, 1.165) is 13.1 Å². The summed E-state index contributed by atoms with van der Waals surface area (Å²) in [7, 11) is 2.05. The van der Waals surface area contributed by atoms with E-state index in [9.17, 15) is 0 Å². The molecule has 3 rings (SSSR count). The molecular formula is C15H18N2. The van der Waals surface area contributed by atoms with Crippen molar-refractivity contribution < 1.29 is 0 Å². The Morgan fingerprint density at radius 2 is 1.94 bits per heavy atom. The van der Waals surface area contributed by atoms with Crippen LogP contribution in [0.4, 0.5) is 5.69 Å². The van der Waals surface area contributed by atoms with Gasteiger partial charge in [-0.05, 0) is 36.4 Å². The molecule has 1 aliphatic heterocycles. The lowest BCUT2D eigenvalue weighted by molar-refractivity contribution is 0.617. The van der Waals surface area contributed by atoms with Gasteiger partial charge in [-0.2, -0.15) is 0 Å². The molecule has 0 aliphatic carbocycles. The number of nitrogens with one attached hydrogen (secondary N) is 1. The minimum atomic E-state index is 0.640. The predicted octanol–water partition coefficient (Wildman–Crippen LogP) is 2.64. The summed E-state index contributed by atoms with van der Waals surface area (Å²) in [6.45, 7) is 2.28. The van der Waals surface area contributed by atoms with Crippen LogP contribution in [0, 0.1) is 0 Å². The minimum Gasteiger partial charge on any atom is -0.370 e. The zero-order valence-corrected chi connectivity index (χ0v) is 10.2. The standard InChI is InChI=1S/C15H18N2/c1-16-14-8-9-17(11-14)15-7-6-12-4-2-3-5-13(12)10-15/h2-7,10,14,16H,8-9,11H2,1H3. The number of rotatable bonds is 2. The normalized spacial score (nSPS) is 20.1. The second kappa shape index (κ2) is 4.38. The minimum absolute atomic E-state index is 0.640. The van der Waals surface area contributed by atoms with Gasteiger partial charge < -0.3 is 10.2 Å². The highest BCUT2D eigenvalue weighted by Crippen LogP contribution is 2.24. The SMILES string of the molecule is CNC1CCN(c2ccc3ccccc3c2)C1. The third kappa shape index (κ3) is 2.01. The Balaban J connectivity index is 1.91. The summed E-state index contributed by atoms with van der Waals surface area (Å²) in [5.41, 5.74) is 1.35. The van der Waals surface area contributed by atoms with Gasteiger partial charge in [0, 0.05) is 24.8 Å². The summed E-state index contributed by atoms with van der Waals surface area (Å²) in [5, 5.41) is 6.01. The monoisotopic (exact) mass is 226 g/mol. The van der Waals surface area contributed by atoms with Crippen LogP contribution in [0.5, 0.6) is 0 Å². The molecule has 1 aliphatic rings. The maximum absolute atomic E-state index is 3.36. The van der Waals surface area contributed by atoms with Gasteiger partial charge in [0.15, 0.2) is 0 Å². The number of likely N-dealkylation sites (N-methyl/N-ethyl adjacent to an activating group) is 1. The highest BCUT2D eigenvalue weighted by molar-refractivity contribution is 5.85. The van der Waals surface area contributed by atoms with E-state index in [1.807, 2.05) is 0 Å². The number of nitrogens with zero attached hydrogens (tertiary/aromatic N) is 1. The number of fused-ring (bicyclic) bond motifs is 1.